The van der Waals surface area contributed by atoms with E-state index >= 15 is 0 Å². The van der Waals surface area contributed by atoms with Crippen LogP contribution in [0.25, 0.3) is 17.1 Å². The monoisotopic (exact) mass is 467 g/mol. The number of carbonyl (C=O) groups excluding carboxylic acids is 1. The van der Waals surface area contributed by atoms with Crippen molar-refractivity contribution in [3.8, 4) is 34.5 Å². The number of nitrogens with zero attached hydrogens (tertiary/aromatic N) is 5. The minimum absolute atomic E-state index is 0.00157. The maximum atomic E-state index is 13.1. The van der Waals surface area contributed by atoms with Gasteiger partial charge in [0, 0.05) is 18.9 Å². The number of carbonyl (C=O) groups is 1. The van der Waals surface area contributed by atoms with Gasteiger partial charge < -0.3 is 23.9 Å². The van der Waals surface area contributed by atoms with Gasteiger partial charge in [-0.1, -0.05) is 12.5 Å². The zero-order valence-electron chi connectivity index (χ0n) is 19.0. The van der Waals surface area contributed by atoms with Crippen molar-refractivity contribution >= 4 is 5.91 Å². The van der Waals surface area contributed by atoms with Crippen molar-refractivity contribution < 1.29 is 23.8 Å². The van der Waals surface area contributed by atoms with Crippen LogP contribution in [0.4, 0.5) is 0 Å². The molecule has 34 heavy (non-hydrogen) atoms. The Morgan fingerprint density at radius 3 is 2.44 bits per heavy atom. The molecule has 1 aliphatic heterocycles. The van der Waals surface area contributed by atoms with Gasteiger partial charge in [-0.05, 0) is 31.4 Å². The number of methoxy groups -OCH3 is 2. The molecule has 3 aromatic rings. The molecule has 0 radical (unpaired) electrons. The van der Waals surface area contributed by atoms with Gasteiger partial charge in [0.05, 0.1) is 20.8 Å². The third-order valence-corrected chi connectivity index (χ3v) is 6.37. The number of ether oxygens (including phenoxy) is 2. The molecule has 2 aliphatic rings. The van der Waals surface area contributed by atoms with Crippen molar-refractivity contribution in [2.24, 2.45) is 0 Å². The number of likely N-dealkylation sites (tertiary alicyclic amines) is 1. The van der Waals surface area contributed by atoms with E-state index < -0.39 is 11.4 Å². The lowest BCUT2D eigenvalue weighted by Crippen LogP contribution is -2.25. The van der Waals surface area contributed by atoms with Gasteiger partial charge >= 0.3 is 0 Å². The molecule has 3 heterocycles. The molecule has 5 rings (SSSR count). The molecule has 11 nitrogen and oxygen atoms in total. The smallest absolute Gasteiger partial charge is 0.289 e. The summed E-state index contributed by atoms with van der Waals surface area (Å²) in [4.78, 5) is 30.9. The van der Waals surface area contributed by atoms with Gasteiger partial charge in [0.2, 0.25) is 17.7 Å². The van der Waals surface area contributed by atoms with Crippen LogP contribution in [0, 0.1) is 0 Å². The fraction of sp³-hybridized carbons (Fsp3) is 0.435. The molecular formula is C23H25N5O6. The number of aromatic hydroxyl groups is 1. The van der Waals surface area contributed by atoms with E-state index in [0.717, 1.165) is 25.7 Å². The Balaban J connectivity index is 1.65. The van der Waals surface area contributed by atoms with E-state index in [1.807, 2.05) is 0 Å². The predicted octanol–water partition coefficient (Wildman–Crippen LogP) is 2.40. The maximum Gasteiger partial charge on any atom is 0.289 e. The zero-order chi connectivity index (χ0) is 23.8. The fourth-order valence-corrected chi connectivity index (χ4v) is 4.38. The Labute approximate surface area is 195 Å². The molecule has 1 aliphatic carbocycles. The summed E-state index contributed by atoms with van der Waals surface area (Å²) in [5.74, 6) is 0.921. The molecular weight excluding hydrogens is 442 g/mol. The second-order valence-corrected chi connectivity index (χ2v) is 8.37. The SMILES string of the molecule is COc1cccc(OC)c1-n1c(C2CCC2)nc(=O)c(-c2nnc(CN3CCCC3=O)o2)c1O. The van der Waals surface area contributed by atoms with Crippen LogP contribution in [-0.2, 0) is 11.3 Å². The molecule has 1 aromatic carbocycles. The largest absolute Gasteiger partial charge is 0.494 e. The van der Waals surface area contributed by atoms with Crippen LogP contribution >= 0.6 is 0 Å². The van der Waals surface area contributed by atoms with Crippen molar-refractivity contribution in [3.05, 3.63) is 40.3 Å². The molecule has 1 saturated carbocycles. The Kier molecular flexibility index (Phi) is 5.68. The molecule has 0 spiro atoms. The van der Waals surface area contributed by atoms with Crippen LogP contribution in [0.15, 0.2) is 27.4 Å². The summed E-state index contributed by atoms with van der Waals surface area (Å²) in [7, 11) is 3.03. The zero-order valence-corrected chi connectivity index (χ0v) is 19.0. The summed E-state index contributed by atoms with van der Waals surface area (Å²) >= 11 is 0. The van der Waals surface area contributed by atoms with Crippen molar-refractivity contribution in [1.29, 1.82) is 0 Å². The van der Waals surface area contributed by atoms with E-state index in [0.29, 0.717) is 36.0 Å². The van der Waals surface area contributed by atoms with Crippen molar-refractivity contribution in [2.45, 2.75) is 44.6 Å². The molecule has 1 amide bonds. The molecule has 0 atom stereocenters. The molecule has 0 bridgehead atoms. The maximum absolute atomic E-state index is 13.1. The summed E-state index contributed by atoms with van der Waals surface area (Å²) in [6.45, 7) is 0.758. The number of hydrogen-bond acceptors (Lipinski definition) is 9. The van der Waals surface area contributed by atoms with Gasteiger partial charge in [-0.25, -0.2) is 0 Å². The van der Waals surface area contributed by atoms with E-state index in [1.165, 1.54) is 18.8 Å². The first-order valence-electron chi connectivity index (χ1n) is 11.2. The highest BCUT2D eigenvalue weighted by molar-refractivity contribution is 5.77. The number of aromatic nitrogens is 4. The van der Waals surface area contributed by atoms with Crippen molar-refractivity contribution in [2.75, 3.05) is 20.8 Å². The van der Waals surface area contributed by atoms with Gasteiger partial charge in [-0.15, -0.1) is 10.2 Å². The Morgan fingerprint density at radius 2 is 1.85 bits per heavy atom. The number of benzene rings is 1. The van der Waals surface area contributed by atoms with Gasteiger partial charge in [-0.3, -0.25) is 14.2 Å². The minimum Gasteiger partial charge on any atom is -0.494 e. The quantitative estimate of drug-likeness (QED) is 0.556. The highest BCUT2D eigenvalue weighted by Gasteiger charge is 2.32. The van der Waals surface area contributed by atoms with E-state index in [4.69, 9.17) is 13.9 Å². The van der Waals surface area contributed by atoms with Gasteiger partial charge in [0.15, 0.2) is 5.56 Å². The van der Waals surface area contributed by atoms with Gasteiger partial charge in [-0.2, -0.15) is 4.98 Å². The fourth-order valence-electron chi connectivity index (χ4n) is 4.38. The molecule has 0 unspecified atom stereocenters. The number of para-hydroxylation sites is 1. The van der Waals surface area contributed by atoms with Crippen LogP contribution in [0.3, 0.4) is 0 Å². The Bertz CT molecular complexity index is 1270. The normalized spacial score (nSPS) is 16.1. The summed E-state index contributed by atoms with van der Waals surface area (Å²) in [6.07, 6.45) is 3.96. The Hall–Kier alpha value is -3.89. The van der Waals surface area contributed by atoms with Crippen LogP contribution in [0.5, 0.6) is 17.4 Å². The van der Waals surface area contributed by atoms with Crippen molar-refractivity contribution in [1.82, 2.24) is 24.6 Å². The first kappa shape index (κ1) is 21.9. The second-order valence-electron chi connectivity index (χ2n) is 8.37. The standard InChI is InChI=1S/C23H25N5O6/c1-32-14-8-4-9-15(33-2)19(14)28-20(13-6-3-7-13)24-21(30)18(23(28)31)22-26-25-16(34-22)12-27-11-5-10-17(27)29/h4,8-9,13,31H,3,5-7,10-12H2,1-2H3. The predicted molar refractivity (Wildman–Crippen MR) is 119 cm³/mol. The number of amides is 1. The second kappa shape index (κ2) is 8.81. The van der Waals surface area contributed by atoms with Crippen LogP contribution in [-0.4, -0.2) is 56.4 Å². The number of rotatable bonds is 7. The minimum atomic E-state index is -0.669. The van der Waals surface area contributed by atoms with Crippen LogP contribution in [0.2, 0.25) is 0 Å². The van der Waals surface area contributed by atoms with E-state index in [-0.39, 0.29) is 35.7 Å². The van der Waals surface area contributed by atoms with Gasteiger partial charge in [0.25, 0.3) is 11.4 Å². The van der Waals surface area contributed by atoms with E-state index in [2.05, 4.69) is 15.2 Å². The summed E-state index contributed by atoms with van der Waals surface area (Å²) in [6, 6.07) is 5.23. The Morgan fingerprint density at radius 1 is 1.12 bits per heavy atom. The molecule has 1 N–H and O–H groups in total. The molecule has 11 heteroatoms. The lowest BCUT2D eigenvalue weighted by Gasteiger charge is -2.29. The number of hydrogen-bond donors (Lipinski definition) is 1. The summed E-state index contributed by atoms with van der Waals surface area (Å²) in [5, 5.41) is 19.4. The lowest BCUT2D eigenvalue weighted by molar-refractivity contribution is -0.128. The molecule has 2 fully saturated rings. The molecule has 178 valence electrons. The van der Waals surface area contributed by atoms with E-state index in [1.54, 1.807) is 23.1 Å². The first-order chi connectivity index (χ1) is 16.5. The highest BCUT2D eigenvalue weighted by atomic mass is 16.5. The highest BCUT2D eigenvalue weighted by Crippen LogP contribution is 2.43. The topological polar surface area (TPSA) is 133 Å². The van der Waals surface area contributed by atoms with E-state index in [9.17, 15) is 14.7 Å². The summed E-state index contributed by atoms with van der Waals surface area (Å²) < 4.78 is 18.3. The third-order valence-electron chi connectivity index (χ3n) is 6.37. The first-order valence-corrected chi connectivity index (χ1v) is 11.2. The molecule has 2 aromatic heterocycles. The lowest BCUT2D eigenvalue weighted by atomic mass is 9.84. The molecule has 1 saturated heterocycles. The average molecular weight is 467 g/mol. The van der Waals surface area contributed by atoms with Gasteiger partial charge in [0.1, 0.15) is 23.0 Å². The van der Waals surface area contributed by atoms with Crippen molar-refractivity contribution in [3.63, 3.8) is 0 Å². The van der Waals surface area contributed by atoms with Crippen LogP contribution < -0.4 is 15.0 Å². The third kappa shape index (κ3) is 3.66. The average Bonchev–Trinajstić information content (AvgIpc) is 3.41. The van der Waals surface area contributed by atoms with Crippen LogP contribution in [0.1, 0.15) is 49.7 Å². The summed E-state index contributed by atoms with van der Waals surface area (Å²) in [5.41, 5.74) is -0.470.